The lowest BCUT2D eigenvalue weighted by Gasteiger charge is -2.43. The van der Waals surface area contributed by atoms with Crippen LogP contribution in [0.4, 0.5) is 0 Å². The molecule has 2 aliphatic rings. The van der Waals surface area contributed by atoms with E-state index in [1.807, 2.05) is 51.1 Å². The second kappa shape index (κ2) is 26.3. The molecule has 10 atom stereocenters. The Bertz CT molecular complexity index is 2310. The second-order valence-corrected chi connectivity index (χ2v) is 16.7. The average molecular weight is 1010 g/mol. The summed E-state index contributed by atoms with van der Waals surface area (Å²) in [6.07, 6.45) is -8.42. The van der Waals surface area contributed by atoms with E-state index in [-0.39, 0.29) is 30.5 Å². The zero-order valence-electron chi connectivity index (χ0n) is 38.8. The van der Waals surface area contributed by atoms with Gasteiger partial charge in [0.15, 0.2) is 6.10 Å². The molecule has 0 amide bonds. The number of carbonyl (C=O) groups excluding carboxylic acids is 4. The quantitative estimate of drug-likeness (QED) is 0.0695. The molecule has 4 aromatic rings. The van der Waals surface area contributed by atoms with E-state index >= 15 is 0 Å². The molecule has 20 heteroatoms. The number of methoxy groups -OCH3 is 2. The first-order valence-corrected chi connectivity index (χ1v) is 22.1. The largest absolute Gasteiger partial charge is 0.569 e. The van der Waals surface area contributed by atoms with Crippen LogP contribution in [0.1, 0.15) is 59.5 Å². The van der Waals surface area contributed by atoms with Crippen molar-refractivity contribution >= 4 is 47.5 Å². The van der Waals surface area contributed by atoms with Gasteiger partial charge in [-0.15, -0.1) is 0 Å². The lowest BCUT2D eigenvalue weighted by Crippen LogP contribution is -2.60. The number of halogens is 1. The first-order valence-electron chi connectivity index (χ1n) is 21.3. The van der Waals surface area contributed by atoms with Crippen LogP contribution in [0, 0.1) is 25.7 Å². The van der Waals surface area contributed by atoms with Crippen molar-refractivity contribution in [3.8, 4) is 28.4 Å². The van der Waals surface area contributed by atoms with E-state index in [2.05, 4.69) is 25.3 Å². The number of carbonyl (C=O) groups is 4. The van der Waals surface area contributed by atoms with Gasteiger partial charge in [-0.2, -0.15) is 0 Å². The number of aliphatic hydroxyl groups excluding tert-OH is 4. The Morgan fingerprint density at radius 1 is 0.676 bits per heavy atom. The molecule has 2 fully saturated rings. The molecule has 0 saturated carbocycles. The number of aliphatic hydroxyl groups is 4. The molecule has 0 spiro atoms. The molecular weight excluding hydrogens is 955 g/mol. The van der Waals surface area contributed by atoms with E-state index in [0.717, 1.165) is 26.7 Å². The molecule has 2 saturated heterocycles. The fourth-order valence-corrected chi connectivity index (χ4v) is 7.51. The maximum Gasteiger partial charge on any atom is 0.569 e. The number of ether oxygens (including phenoxy) is 8. The van der Waals surface area contributed by atoms with Gasteiger partial charge in [0.05, 0.1) is 38.1 Å². The highest BCUT2D eigenvalue weighted by atomic mass is 79.9. The van der Waals surface area contributed by atoms with Gasteiger partial charge in [0.2, 0.25) is 12.6 Å². The van der Waals surface area contributed by atoms with Crippen LogP contribution >= 0.6 is 15.9 Å². The number of aryl methyl sites for hydroxylation is 2. The minimum Gasteiger partial charge on any atom is -0.537 e. The Morgan fingerprint density at radius 3 is 1.82 bits per heavy atom. The molecule has 0 aliphatic carbocycles. The average Bonchev–Trinajstić information content (AvgIpc) is 3.32. The molecule has 10 unspecified atom stereocenters. The lowest BCUT2D eigenvalue weighted by molar-refractivity contribution is -0.277. The molecule has 2 heterocycles. The van der Waals surface area contributed by atoms with Crippen molar-refractivity contribution in [3.05, 3.63) is 112 Å². The summed E-state index contributed by atoms with van der Waals surface area (Å²) in [7, 11) is 3.18. The Kier molecular flexibility index (Phi) is 21.2. The summed E-state index contributed by atoms with van der Waals surface area (Å²) in [6, 6.07) is 24.2. The number of esters is 4. The van der Waals surface area contributed by atoms with Gasteiger partial charge in [-0.1, -0.05) is 54.0 Å². The Balaban J connectivity index is 0.000000238. The maximum atomic E-state index is 11.7. The molecule has 1 radical (unpaired) electrons. The van der Waals surface area contributed by atoms with Crippen LogP contribution in [-0.2, 0) is 38.0 Å². The molecule has 0 aromatic heterocycles. The van der Waals surface area contributed by atoms with Crippen LogP contribution in [0.15, 0.2) is 89.4 Å². The zero-order valence-corrected chi connectivity index (χ0v) is 40.4. The third-order valence-electron chi connectivity index (χ3n) is 11.0. The Labute approximate surface area is 403 Å². The third kappa shape index (κ3) is 15.2. The highest BCUT2D eigenvalue weighted by molar-refractivity contribution is 9.10. The number of rotatable bonds is 13. The molecule has 0 bridgehead atoms. The maximum absolute atomic E-state index is 11.7. The van der Waals surface area contributed by atoms with E-state index < -0.39 is 67.6 Å². The monoisotopic (exact) mass is 1010 g/mol. The zero-order chi connectivity index (χ0) is 50.2. The summed E-state index contributed by atoms with van der Waals surface area (Å²) in [5, 5.41) is 47.5. The SMILES string of the molecule is CC(=O)OCC1OC(Oc2ccc(Br)cc2C)C(OC(C)=O)C(C)C1C.COC(=O)c1cccc(-c2ccc(OC3OC(CO)C(O)C(O)C3O)c(C)c2)c1.COC(=O)c1cccc(O[B]O)c1. The van der Waals surface area contributed by atoms with E-state index in [9.17, 15) is 39.6 Å². The topological polar surface area (TPSA) is 252 Å². The molecule has 68 heavy (non-hydrogen) atoms. The molecule has 5 N–H and O–H groups in total. The first kappa shape index (κ1) is 55.0. The molecule has 18 nitrogen and oxygen atoms in total. The molecule has 6 rings (SSSR count). The van der Waals surface area contributed by atoms with Crippen LogP contribution in [0.3, 0.4) is 0 Å². The Morgan fingerprint density at radius 2 is 1.25 bits per heavy atom. The van der Waals surface area contributed by atoms with Crippen molar-refractivity contribution in [2.75, 3.05) is 27.4 Å². The van der Waals surface area contributed by atoms with Gasteiger partial charge in [-0.25, -0.2) is 9.59 Å². The highest BCUT2D eigenvalue weighted by Gasteiger charge is 2.46. The van der Waals surface area contributed by atoms with Crippen LogP contribution in [-0.4, -0.2) is 134 Å². The van der Waals surface area contributed by atoms with Crippen LogP contribution < -0.4 is 14.1 Å². The van der Waals surface area contributed by atoms with Crippen molar-refractivity contribution in [1.29, 1.82) is 0 Å². The smallest absolute Gasteiger partial charge is 0.537 e. The Hall–Kier alpha value is -5.58. The number of benzene rings is 4. The summed E-state index contributed by atoms with van der Waals surface area (Å²) < 4.78 is 48.6. The van der Waals surface area contributed by atoms with Gasteiger partial charge < -0.3 is 68.0 Å². The lowest BCUT2D eigenvalue weighted by atomic mass is 9.83. The number of hydrogen-bond donors (Lipinski definition) is 5. The summed E-state index contributed by atoms with van der Waals surface area (Å²) in [5.74, 6) is -0.210. The molecule has 367 valence electrons. The first-order chi connectivity index (χ1) is 32.3. The van der Waals surface area contributed by atoms with Gasteiger partial charge in [-0.05, 0) is 103 Å². The van der Waals surface area contributed by atoms with E-state index in [4.69, 9.17) is 38.2 Å². The number of hydrogen-bond acceptors (Lipinski definition) is 18. The van der Waals surface area contributed by atoms with E-state index in [1.54, 1.807) is 55.5 Å². The van der Waals surface area contributed by atoms with Crippen molar-refractivity contribution in [3.63, 3.8) is 0 Å². The van der Waals surface area contributed by atoms with Crippen LogP contribution in [0.2, 0.25) is 0 Å². The summed E-state index contributed by atoms with van der Waals surface area (Å²) in [4.78, 5) is 45.5. The fraction of sp³-hybridized carbons (Fsp3) is 0.417. The fourth-order valence-electron chi connectivity index (χ4n) is 7.04. The van der Waals surface area contributed by atoms with Gasteiger partial charge in [-0.3, -0.25) is 9.59 Å². The predicted octanol–water partition coefficient (Wildman–Crippen LogP) is 4.63. The summed E-state index contributed by atoms with van der Waals surface area (Å²) >= 11 is 3.42. The van der Waals surface area contributed by atoms with Crippen molar-refractivity contribution in [1.82, 2.24) is 0 Å². The van der Waals surface area contributed by atoms with E-state index in [1.165, 1.54) is 34.1 Å². The van der Waals surface area contributed by atoms with Gasteiger partial charge >= 0.3 is 31.6 Å². The van der Waals surface area contributed by atoms with Crippen LogP contribution in [0.25, 0.3) is 11.1 Å². The van der Waals surface area contributed by atoms with Crippen molar-refractivity contribution < 1.29 is 87.2 Å². The van der Waals surface area contributed by atoms with Gasteiger partial charge in [0.1, 0.15) is 48.3 Å². The summed E-state index contributed by atoms with van der Waals surface area (Å²) in [5.41, 5.74) is 4.12. The minimum atomic E-state index is -1.51. The summed E-state index contributed by atoms with van der Waals surface area (Å²) in [6.45, 7) is 10.0. The highest BCUT2D eigenvalue weighted by Crippen LogP contribution is 2.36. The van der Waals surface area contributed by atoms with Gasteiger partial charge in [0.25, 0.3) is 0 Å². The van der Waals surface area contributed by atoms with Crippen molar-refractivity contribution in [2.24, 2.45) is 11.8 Å². The van der Waals surface area contributed by atoms with E-state index in [0.29, 0.717) is 36.1 Å². The second-order valence-electron chi connectivity index (χ2n) is 15.8. The van der Waals surface area contributed by atoms with Gasteiger partial charge in [0, 0.05) is 24.2 Å². The molecule has 4 aromatic carbocycles. The predicted molar refractivity (Wildman–Crippen MR) is 247 cm³/mol. The normalized spacial score (nSPS) is 24.0. The molecule has 2 aliphatic heterocycles. The standard InChI is InChI=1S/C21H24O8.C19H25BrO6.C8H8BO4/c1-11-8-13(12-4-3-5-14(9-12)20(26)27-2)6-7-15(11)28-21-19(25)18(24)17(23)16(10-22)29-21;1-10-8-15(20)6-7-16(10)25-19-18(24-14(5)22)12(3)11(2)17(26-19)9-23-13(4)21;1-12-8(10)6-3-2-4-7(5-6)13-9-11/h3-9,16-19,21-25H,10H2,1-2H3;6-8,11-12,17-19H,9H2,1-5H3;2-5,11H,1H3. The van der Waals surface area contributed by atoms with Crippen molar-refractivity contribution in [2.45, 2.75) is 90.7 Å². The van der Waals surface area contributed by atoms with Crippen LogP contribution in [0.5, 0.6) is 17.2 Å². The third-order valence-corrected chi connectivity index (χ3v) is 11.5. The molecular formula is C48H57BBrO18. The minimum absolute atomic E-state index is 0.0181.